The Labute approximate surface area is 96.4 Å². The maximum absolute atomic E-state index is 11.4. The van der Waals surface area contributed by atoms with Crippen LogP contribution < -0.4 is 5.73 Å². The number of β-lactam (4-membered cyclic amide) rings is 1. The summed E-state index contributed by atoms with van der Waals surface area (Å²) in [6.45, 7) is 0.528. The molecule has 0 bridgehead atoms. The Morgan fingerprint density at radius 3 is 3.00 bits per heavy atom. The molecule has 1 amide bonds. The maximum atomic E-state index is 11.4. The van der Waals surface area contributed by atoms with Gasteiger partial charge in [-0.2, -0.15) is 0 Å². The van der Waals surface area contributed by atoms with Crippen LogP contribution in [0, 0.1) is 0 Å². The molecule has 16 heavy (non-hydrogen) atoms. The summed E-state index contributed by atoms with van der Waals surface area (Å²) in [5, 5.41) is 8.80. The highest BCUT2D eigenvalue weighted by atomic mass is 32.2. The van der Waals surface area contributed by atoms with Gasteiger partial charge in [0.2, 0.25) is 5.91 Å². The highest BCUT2D eigenvalue weighted by molar-refractivity contribution is 8.04. The molecule has 0 spiro atoms. The zero-order valence-corrected chi connectivity index (χ0v) is 9.49. The molecule has 1 fully saturated rings. The monoisotopic (exact) mass is 244 g/mol. The summed E-state index contributed by atoms with van der Waals surface area (Å²) in [7, 11) is 1.49. The molecule has 0 saturated carbocycles. The number of aliphatic carboxylic acids is 1. The average molecular weight is 244 g/mol. The van der Waals surface area contributed by atoms with Gasteiger partial charge in [0.25, 0.3) is 0 Å². The number of methoxy groups -OCH3 is 1. The fourth-order valence-electron chi connectivity index (χ4n) is 1.82. The van der Waals surface area contributed by atoms with E-state index >= 15 is 0 Å². The van der Waals surface area contributed by atoms with Crippen molar-refractivity contribution < 1.29 is 19.4 Å². The summed E-state index contributed by atoms with van der Waals surface area (Å²) < 4.78 is 4.93. The van der Waals surface area contributed by atoms with Crippen LogP contribution in [0.25, 0.3) is 0 Å². The lowest BCUT2D eigenvalue weighted by Gasteiger charge is -2.47. The predicted molar refractivity (Wildman–Crippen MR) is 57.6 cm³/mol. The van der Waals surface area contributed by atoms with Crippen LogP contribution >= 0.6 is 11.8 Å². The molecule has 2 rings (SSSR count). The minimum atomic E-state index is -0.983. The van der Waals surface area contributed by atoms with Crippen LogP contribution in [0.3, 0.4) is 0 Å². The Hall–Kier alpha value is -1.05. The van der Waals surface area contributed by atoms with E-state index in [0.29, 0.717) is 12.1 Å². The quantitative estimate of drug-likeness (QED) is 0.632. The van der Waals surface area contributed by atoms with E-state index in [1.807, 2.05) is 0 Å². The number of carboxylic acid groups (broad SMARTS) is 1. The van der Waals surface area contributed by atoms with Crippen LogP contribution in [0.5, 0.6) is 0 Å². The third-order valence-corrected chi connectivity index (χ3v) is 4.10. The molecular weight excluding hydrogens is 232 g/mol. The second-order valence-corrected chi connectivity index (χ2v) is 4.80. The van der Waals surface area contributed by atoms with Crippen molar-refractivity contribution in [1.29, 1.82) is 0 Å². The number of amides is 1. The van der Waals surface area contributed by atoms with Crippen LogP contribution in [0.1, 0.15) is 0 Å². The van der Waals surface area contributed by atoms with E-state index in [9.17, 15) is 9.59 Å². The summed E-state index contributed by atoms with van der Waals surface area (Å²) in [6, 6.07) is -0.580. The molecule has 1 unspecified atom stereocenters. The minimum absolute atomic E-state index is 0.129. The number of carbonyl (C=O) groups excluding carboxylic acids is 1. The number of thioether (sulfide) groups is 1. The molecule has 0 aliphatic carbocycles. The van der Waals surface area contributed by atoms with Gasteiger partial charge >= 0.3 is 5.97 Å². The molecule has 6 nitrogen and oxygen atoms in total. The van der Waals surface area contributed by atoms with Gasteiger partial charge < -0.3 is 20.5 Å². The fraction of sp³-hybridized carbons (Fsp3) is 0.556. The Morgan fingerprint density at radius 1 is 1.75 bits per heavy atom. The Balaban J connectivity index is 2.24. The van der Waals surface area contributed by atoms with Crippen molar-refractivity contribution in [3.8, 4) is 0 Å². The van der Waals surface area contributed by atoms with Crippen LogP contribution in [-0.2, 0) is 14.3 Å². The van der Waals surface area contributed by atoms with Gasteiger partial charge in [-0.15, -0.1) is 0 Å². The third-order valence-electron chi connectivity index (χ3n) is 2.62. The molecule has 0 aromatic rings. The van der Waals surface area contributed by atoms with E-state index in [1.165, 1.54) is 7.11 Å². The summed E-state index contributed by atoms with van der Waals surface area (Å²) >= 11 is 1.13. The van der Waals surface area contributed by atoms with Gasteiger partial charge in [0.1, 0.15) is 11.4 Å². The normalized spacial score (nSPS) is 28.9. The van der Waals surface area contributed by atoms with Gasteiger partial charge in [-0.1, -0.05) is 11.8 Å². The van der Waals surface area contributed by atoms with Gasteiger partial charge in [-0.3, -0.25) is 4.79 Å². The molecule has 7 heteroatoms. The maximum Gasteiger partial charge on any atom is 0.342 e. The van der Waals surface area contributed by atoms with Crippen molar-refractivity contribution >= 4 is 23.6 Å². The number of hydrogen-bond acceptors (Lipinski definition) is 5. The molecule has 2 aliphatic rings. The Kier molecular flexibility index (Phi) is 2.92. The predicted octanol–water partition coefficient (Wildman–Crippen LogP) is -0.786. The third kappa shape index (κ3) is 1.60. The fourth-order valence-corrected chi connectivity index (χ4v) is 3.03. The van der Waals surface area contributed by atoms with Crippen molar-refractivity contribution in [2.24, 2.45) is 5.73 Å². The topological polar surface area (TPSA) is 92.9 Å². The molecule has 0 aromatic heterocycles. The molecule has 2 heterocycles. The van der Waals surface area contributed by atoms with E-state index in [4.69, 9.17) is 15.6 Å². The van der Waals surface area contributed by atoms with Crippen LogP contribution in [0.15, 0.2) is 10.5 Å². The number of fused-ring (bicyclic) bond motifs is 1. The van der Waals surface area contributed by atoms with E-state index in [2.05, 4.69) is 0 Å². The zero-order chi connectivity index (χ0) is 11.9. The Bertz CT molecular complexity index is 382. The van der Waals surface area contributed by atoms with Crippen molar-refractivity contribution in [2.45, 2.75) is 11.4 Å². The van der Waals surface area contributed by atoms with Crippen molar-refractivity contribution in [1.82, 2.24) is 4.90 Å². The number of nitrogens with zero attached hydrogens (tertiary/aromatic N) is 1. The van der Waals surface area contributed by atoms with Gasteiger partial charge in [-0.05, 0) is 5.57 Å². The van der Waals surface area contributed by atoms with Crippen molar-refractivity contribution in [3.05, 3.63) is 10.5 Å². The lowest BCUT2D eigenvalue weighted by atomic mass is 10.1. The molecule has 0 radical (unpaired) electrons. The largest absolute Gasteiger partial charge is 0.477 e. The first-order valence-corrected chi connectivity index (χ1v) is 5.61. The lowest BCUT2D eigenvalue weighted by molar-refractivity contribution is -0.144. The van der Waals surface area contributed by atoms with Crippen LogP contribution in [-0.4, -0.2) is 53.6 Å². The van der Waals surface area contributed by atoms with E-state index in [0.717, 1.165) is 11.8 Å². The van der Waals surface area contributed by atoms with Crippen molar-refractivity contribution in [2.75, 3.05) is 20.3 Å². The highest BCUT2D eigenvalue weighted by Crippen LogP contribution is 2.40. The summed E-state index contributed by atoms with van der Waals surface area (Å²) in [5.41, 5.74) is 6.22. The molecule has 2 atom stereocenters. The molecule has 0 aromatic carbocycles. The molecule has 88 valence electrons. The standard InChI is InChI=1S/C9H12N2O4S/c1-15-3-4-2-11-7(12)5(10)8(11)16-6(4)9(13)14/h5,8H,2-3,10H2,1H3,(H,13,14)/t5?,8-/m0/s1. The molecule has 2 aliphatic heterocycles. The summed E-state index contributed by atoms with van der Waals surface area (Å²) in [5.74, 6) is -1.11. The molecule has 3 N–H and O–H groups in total. The van der Waals surface area contributed by atoms with Gasteiger partial charge in [-0.25, -0.2) is 4.79 Å². The van der Waals surface area contributed by atoms with Crippen molar-refractivity contribution in [3.63, 3.8) is 0 Å². The first kappa shape index (κ1) is 11.4. The second kappa shape index (κ2) is 4.08. The lowest BCUT2D eigenvalue weighted by Crippen LogP contribution is -2.68. The minimum Gasteiger partial charge on any atom is -0.477 e. The van der Waals surface area contributed by atoms with E-state index < -0.39 is 12.0 Å². The van der Waals surface area contributed by atoms with E-state index in [1.54, 1.807) is 4.90 Å². The second-order valence-electron chi connectivity index (χ2n) is 3.67. The number of nitrogens with two attached hydrogens (primary N) is 1. The number of carboxylic acids is 1. The number of ether oxygens (including phenoxy) is 1. The van der Waals surface area contributed by atoms with Gasteiger partial charge in [0, 0.05) is 13.7 Å². The smallest absolute Gasteiger partial charge is 0.342 e. The molecule has 1 saturated heterocycles. The van der Waals surface area contributed by atoms with Gasteiger partial charge in [0.05, 0.1) is 11.5 Å². The van der Waals surface area contributed by atoms with Gasteiger partial charge in [0.15, 0.2) is 0 Å². The summed E-state index contributed by atoms with van der Waals surface area (Å²) in [4.78, 5) is 24.3. The van der Waals surface area contributed by atoms with Crippen LogP contribution in [0.2, 0.25) is 0 Å². The summed E-state index contributed by atoms with van der Waals surface area (Å²) in [6.07, 6.45) is 0. The molecular formula is C9H12N2O4S. The highest BCUT2D eigenvalue weighted by Gasteiger charge is 2.49. The number of carbonyl (C=O) groups is 2. The number of hydrogen-bond donors (Lipinski definition) is 2. The zero-order valence-electron chi connectivity index (χ0n) is 8.67. The first-order chi connectivity index (χ1) is 7.56. The first-order valence-electron chi connectivity index (χ1n) is 4.73. The van der Waals surface area contributed by atoms with Crippen LogP contribution in [0.4, 0.5) is 0 Å². The van der Waals surface area contributed by atoms with E-state index in [-0.39, 0.29) is 22.8 Å². The average Bonchev–Trinajstić information content (AvgIpc) is 2.27. The Morgan fingerprint density at radius 2 is 2.44 bits per heavy atom. The SMILES string of the molecule is COCC1=C(C(=O)O)S[C@H]2C(N)C(=O)N2C1. The number of rotatable bonds is 3.